The number of benzene rings is 1. The number of halogens is 1. The molecule has 1 fully saturated rings. The Morgan fingerprint density at radius 1 is 1.33 bits per heavy atom. The third-order valence-electron chi connectivity index (χ3n) is 3.82. The second kappa shape index (κ2) is 5.78. The lowest BCUT2D eigenvalue weighted by Crippen LogP contribution is -2.49. The van der Waals surface area contributed by atoms with Crippen LogP contribution in [0, 0.1) is 5.82 Å². The van der Waals surface area contributed by atoms with Crippen molar-refractivity contribution >= 4 is 0 Å². The minimum Gasteiger partial charge on any atom is -0.326 e. The molecule has 0 spiro atoms. The summed E-state index contributed by atoms with van der Waals surface area (Å²) in [5.74, 6) is -0.133. The molecule has 0 saturated carbocycles. The lowest BCUT2D eigenvalue weighted by Gasteiger charge is -2.37. The van der Waals surface area contributed by atoms with Crippen LogP contribution < -0.4 is 5.73 Å². The predicted molar refractivity (Wildman–Crippen MR) is 71.7 cm³/mol. The zero-order chi connectivity index (χ0) is 13.1. The molecule has 1 atom stereocenters. The first-order valence-corrected chi connectivity index (χ1v) is 6.50. The number of piperazine rings is 1. The van der Waals surface area contributed by atoms with Crippen LogP contribution in [0.25, 0.3) is 0 Å². The molecule has 0 radical (unpaired) electrons. The minimum atomic E-state index is -0.133. The van der Waals surface area contributed by atoms with Gasteiger partial charge in [0, 0.05) is 49.9 Å². The highest BCUT2D eigenvalue weighted by molar-refractivity contribution is 5.25. The van der Waals surface area contributed by atoms with E-state index in [9.17, 15) is 4.39 Å². The van der Waals surface area contributed by atoms with Crippen molar-refractivity contribution in [2.45, 2.75) is 26.1 Å². The van der Waals surface area contributed by atoms with E-state index in [1.54, 1.807) is 6.07 Å². The Morgan fingerprint density at radius 2 is 2.06 bits per heavy atom. The van der Waals surface area contributed by atoms with Gasteiger partial charge in [0.2, 0.25) is 0 Å². The Balaban J connectivity index is 2.06. The van der Waals surface area contributed by atoms with Crippen molar-refractivity contribution < 1.29 is 4.39 Å². The highest BCUT2D eigenvalue weighted by Crippen LogP contribution is 2.17. The zero-order valence-corrected chi connectivity index (χ0v) is 11.2. The molecule has 0 aromatic heterocycles. The third-order valence-corrected chi connectivity index (χ3v) is 3.82. The van der Waals surface area contributed by atoms with Crippen LogP contribution in [-0.2, 0) is 13.1 Å². The standard InChI is InChI=1S/C14H22FN3/c1-11-9-18(7-6-17(11)2)10-13-5-3-4-12(8-16)14(13)15/h3-5,11H,6-10,16H2,1-2H3. The van der Waals surface area contributed by atoms with Gasteiger partial charge in [0.15, 0.2) is 0 Å². The van der Waals surface area contributed by atoms with E-state index in [4.69, 9.17) is 5.73 Å². The fraction of sp³-hybridized carbons (Fsp3) is 0.571. The number of hydrogen-bond donors (Lipinski definition) is 1. The summed E-state index contributed by atoms with van der Waals surface area (Å²) in [7, 11) is 2.14. The van der Waals surface area contributed by atoms with Gasteiger partial charge in [-0.3, -0.25) is 4.90 Å². The maximum atomic E-state index is 14.1. The molecule has 0 aliphatic carbocycles. The van der Waals surface area contributed by atoms with Crippen molar-refractivity contribution in [2.24, 2.45) is 5.73 Å². The van der Waals surface area contributed by atoms with E-state index in [1.165, 1.54) is 0 Å². The number of rotatable bonds is 3. The molecule has 3 nitrogen and oxygen atoms in total. The van der Waals surface area contributed by atoms with Crippen molar-refractivity contribution in [2.75, 3.05) is 26.7 Å². The van der Waals surface area contributed by atoms with Gasteiger partial charge in [-0.15, -0.1) is 0 Å². The first-order valence-electron chi connectivity index (χ1n) is 6.50. The van der Waals surface area contributed by atoms with E-state index in [-0.39, 0.29) is 12.4 Å². The minimum absolute atomic E-state index is 0.133. The van der Waals surface area contributed by atoms with Crippen LogP contribution in [0.15, 0.2) is 18.2 Å². The topological polar surface area (TPSA) is 32.5 Å². The van der Waals surface area contributed by atoms with Gasteiger partial charge in [0.25, 0.3) is 0 Å². The molecule has 1 aromatic rings. The second-order valence-corrected chi connectivity index (χ2v) is 5.16. The summed E-state index contributed by atoms with van der Waals surface area (Å²) in [5.41, 5.74) is 6.90. The SMILES string of the molecule is CC1CN(Cc2cccc(CN)c2F)CCN1C. The van der Waals surface area contributed by atoms with Crippen molar-refractivity contribution in [1.82, 2.24) is 9.80 Å². The van der Waals surface area contributed by atoms with Gasteiger partial charge in [0.05, 0.1) is 0 Å². The summed E-state index contributed by atoms with van der Waals surface area (Å²) in [6, 6.07) is 6.03. The van der Waals surface area contributed by atoms with Gasteiger partial charge in [0.1, 0.15) is 5.82 Å². The molecule has 2 N–H and O–H groups in total. The normalized spacial score (nSPS) is 22.3. The van der Waals surface area contributed by atoms with Crippen LogP contribution in [0.3, 0.4) is 0 Å². The van der Waals surface area contributed by atoms with Crippen molar-refractivity contribution in [3.63, 3.8) is 0 Å². The maximum absolute atomic E-state index is 14.1. The molecule has 4 heteroatoms. The zero-order valence-electron chi connectivity index (χ0n) is 11.2. The summed E-state index contributed by atoms with van der Waals surface area (Å²) in [6.45, 7) is 6.17. The fourth-order valence-electron chi connectivity index (χ4n) is 2.42. The van der Waals surface area contributed by atoms with E-state index in [1.807, 2.05) is 12.1 Å². The third kappa shape index (κ3) is 2.88. The smallest absolute Gasteiger partial charge is 0.132 e. The van der Waals surface area contributed by atoms with Crippen LogP contribution in [0.4, 0.5) is 4.39 Å². The van der Waals surface area contributed by atoms with Crippen molar-refractivity contribution in [3.05, 3.63) is 35.1 Å². The molecular formula is C14H22FN3. The summed E-state index contributed by atoms with van der Waals surface area (Å²) < 4.78 is 14.1. The largest absolute Gasteiger partial charge is 0.326 e. The Hall–Kier alpha value is -0.970. The van der Waals surface area contributed by atoms with E-state index in [0.717, 1.165) is 25.2 Å². The summed E-state index contributed by atoms with van der Waals surface area (Å²) in [6.07, 6.45) is 0. The Morgan fingerprint density at radius 3 is 2.72 bits per heavy atom. The summed E-state index contributed by atoms with van der Waals surface area (Å²) in [4.78, 5) is 4.65. The van der Waals surface area contributed by atoms with E-state index in [2.05, 4.69) is 23.8 Å². The van der Waals surface area contributed by atoms with E-state index < -0.39 is 0 Å². The highest BCUT2D eigenvalue weighted by atomic mass is 19.1. The Bertz CT molecular complexity index is 408. The van der Waals surface area contributed by atoms with Crippen LogP contribution in [0.1, 0.15) is 18.1 Å². The molecule has 0 amide bonds. The molecule has 1 heterocycles. The lowest BCUT2D eigenvalue weighted by atomic mass is 10.1. The molecular weight excluding hydrogens is 229 g/mol. The number of likely N-dealkylation sites (N-methyl/N-ethyl adjacent to an activating group) is 1. The average molecular weight is 251 g/mol. The molecule has 1 aromatic carbocycles. The monoisotopic (exact) mass is 251 g/mol. The molecule has 2 rings (SSSR count). The van der Waals surface area contributed by atoms with Crippen LogP contribution in [0.5, 0.6) is 0 Å². The highest BCUT2D eigenvalue weighted by Gasteiger charge is 2.21. The van der Waals surface area contributed by atoms with Crippen LogP contribution >= 0.6 is 0 Å². The number of nitrogens with zero attached hydrogens (tertiary/aromatic N) is 2. The van der Waals surface area contributed by atoms with E-state index in [0.29, 0.717) is 18.2 Å². The quantitative estimate of drug-likeness (QED) is 0.882. The van der Waals surface area contributed by atoms with Gasteiger partial charge in [-0.1, -0.05) is 18.2 Å². The Labute approximate surface area is 108 Å². The van der Waals surface area contributed by atoms with Gasteiger partial charge in [-0.2, -0.15) is 0 Å². The van der Waals surface area contributed by atoms with Crippen LogP contribution in [0.2, 0.25) is 0 Å². The molecule has 1 saturated heterocycles. The summed E-state index contributed by atoms with van der Waals surface area (Å²) in [5, 5.41) is 0. The van der Waals surface area contributed by atoms with Gasteiger partial charge in [-0.25, -0.2) is 4.39 Å². The van der Waals surface area contributed by atoms with Gasteiger partial charge in [-0.05, 0) is 14.0 Å². The van der Waals surface area contributed by atoms with Crippen molar-refractivity contribution in [3.8, 4) is 0 Å². The maximum Gasteiger partial charge on any atom is 0.132 e. The molecule has 18 heavy (non-hydrogen) atoms. The molecule has 100 valence electrons. The molecule has 1 aliphatic rings. The van der Waals surface area contributed by atoms with Gasteiger partial charge < -0.3 is 10.6 Å². The van der Waals surface area contributed by atoms with Crippen LogP contribution in [-0.4, -0.2) is 42.5 Å². The van der Waals surface area contributed by atoms with Gasteiger partial charge >= 0.3 is 0 Å². The van der Waals surface area contributed by atoms with E-state index >= 15 is 0 Å². The fourth-order valence-corrected chi connectivity index (χ4v) is 2.42. The predicted octanol–water partition coefficient (Wildman–Crippen LogP) is 1.42. The van der Waals surface area contributed by atoms with Crippen molar-refractivity contribution in [1.29, 1.82) is 0 Å². The molecule has 0 bridgehead atoms. The second-order valence-electron chi connectivity index (χ2n) is 5.16. The first kappa shape index (κ1) is 13.5. The summed E-state index contributed by atoms with van der Waals surface area (Å²) >= 11 is 0. The number of nitrogens with two attached hydrogens (primary N) is 1. The molecule has 1 unspecified atom stereocenters. The average Bonchev–Trinajstić information content (AvgIpc) is 2.36. The number of hydrogen-bond acceptors (Lipinski definition) is 3. The first-order chi connectivity index (χ1) is 8.61. The Kier molecular flexibility index (Phi) is 4.32. The lowest BCUT2D eigenvalue weighted by molar-refractivity contribution is 0.0991. The molecule has 1 aliphatic heterocycles.